The first-order chi connectivity index (χ1) is 11.6. The summed E-state index contributed by atoms with van der Waals surface area (Å²) in [5, 5.41) is 17.1. The summed E-state index contributed by atoms with van der Waals surface area (Å²) in [6.45, 7) is 3.07. The lowest BCUT2D eigenvalue weighted by molar-refractivity contribution is -0.384. The molecular formula is C17H26N4O3. The van der Waals surface area contributed by atoms with Crippen molar-refractivity contribution in [3.63, 3.8) is 0 Å². The number of nitro benzene ring substituents is 1. The van der Waals surface area contributed by atoms with E-state index in [1.165, 1.54) is 6.07 Å². The van der Waals surface area contributed by atoms with Gasteiger partial charge in [-0.3, -0.25) is 14.9 Å². The highest BCUT2D eigenvalue weighted by Crippen LogP contribution is 2.23. The molecular weight excluding hydrogens is 308 g/mol. The zero-order valence-corrected chi connectivity index (χ0v) is 14.2. The highest BCUT2D eigenvalue weighted by molar-refractivity contribution is 5.77. The van der Waals surface area contributed by atoms with E-state index in [1.54, 1.807) is 18.2 Å². The molecule has 1 aromatic carbocycles. The molecule has 2 N–H and O–H groups in total. The van der Waals surface area contributed by atoms with Gasteiger partial charge in [0.1, 0.15) is 5.69 Å². The van der Waals surface area contributed by atoms with Crippen LogP contribution < -0.4 is 10.6 Å². The molecule has 1 heterocycles. The second kappa shape index (κ2) is 9.22. The van der Waals surface area contributed by atoms with Crippen LogP contribution in [0.2, 0.25) is 0 Å². The van der Waals surface area contributed by atoms with Crippen molar-refractivity contribution in [1.82, 2.24) is 10.2 Å². The molecule has 0 aliphatic carbocycles. The minimum Gasteiger partial charge on any atom is -0.379 e. The van der Waals surface area contributed by atoms with Gasteiger partial charge in [-0.15, -0.1) is 0 Å². The van der Waals surface area contributed by atoms with Crippen LogP contribution in [-0.2, 0) is 4.79 Å². The standard InChI is InChI=1S/C17H26N4O3/c1-18-10-6-14-8-12-20(13-9-14)17(22)7-11-19-15-4-2-3-5-16(15)21(23)24/h2-5,14,18-19H,6-13H2,1H3. The van der Waals surface area contributed by atoms with Crippen LogP contribution in [0.5, 0.6) is 0 Å². The number of nitro groups is 1. The molecule has 0 spiro atoms. The third-order valence-corrected chi connectivity index (χ3v) is 4.52. The van der Waals surface area contributed by atoms with Gasteiger partial charge in [-0.2, -0.15) is 0 Å². The first kappa shape index (κ1) is 18.2. The normalized spacial score (nSPS) is 15.3. The van der Waals surface area contributed by atoms with Crippen LogP contribution in [0.25, 0.3) is 0 Å². The first-order valence-electron chi connectivity index (χ1n) is 8.51. The van der Waals surface area contributed by atoms with Gasteiger partial charge in [0.2, 0.25) is 5.91 Å². The van der Waals surface area contributed by atoms with Crippen molar-refractivity contribution in [1.29, 1.82) is 0 Å². The van der Waals surface area contributed by atoms with Crippen molar-refractivity contribution in [2.45, 2.75) is 25.7 Å². The van der Waals surface area contributed by atoms with Gasteiger partial charge in [-0.25, -0.2) is 0 Å². The maximum absolute atomic E-state index is 12.3. The minimum atomic E-state index is -0.417. The zero-order valence-electron chi connectivity index (χ0n) is 14.2. The van der Waals surface area contributed by atoms with Gasteiger partial charge >= 0.3 is 0 Å². The van der Waals surface area contributed by atoms with E-state index in [0.29, 0.717) is 24.6 Å². The summed E-state index contributed by atoms with van der Waals surface area (Å²) in [4.78, 5) is 24.7. The van der Waals surface area contributed by atoms with Gasteiger partial charge in [-0.05, 0) is 44.8 Å². The summed E-state index contributed by atoms with van der Waals surface area (Å²) in [5.41, 5.74) is 0.497. The Labute approximate surface area is 142 Å². The molecule has 1 fully saturated rings. The number of para-hydroxylation sites is 2. The molecule has 1 amide bonds. The van der Waals surface area contributed by atoms with Crippen LogP contribution >= 0.6 is 0 Å². The van der Waals surface area contributed by atoms with Crippen molar-refractivity contribution >= 4 is 17.3 Å². The highest BCUT2D eigenvalue weighted by atomic mass is 16.6. The topological polar surface area (TPSA) is 87.5 Å². The quantitative estimate of drug-likeness (QED) is 0.562. The molecule has 0 bridgehead atoms. The monoisotopic (exact) mass is 334 g/mol. The van der Waals surface area contributed by atoms with Crippen LogP contribution in [0.15, 0.2) is 24.3 Å². The van der Waals surface area contributed by atoms with E-state index in [4.69, 9.17) is 0 Å². The average molecular weight is 334 g/mol. The van der Waals surface area contributed by atoms with Crippen molar-refractivity contribution in [3.05, 3.63) is 34.4 Å². The molecule has 7 nitrogen and oxygen atoms in total. The Hall–Kier alpha value is -2.15. The second-order valence-corrected chi connectivity index (χ2v) is 6.17. The summed E-state index contributed by atoms with van der Waals surface area (Å²) in [5.74, 6) is 0.819. The number of rotatable bonds is 8. The molecule has 1 aliphatic heterocycles. The molecule has 24 heavy (non-hydrogen) atoms. The lowest BCUT2D eigenvalue weighted by atomic mass is 9.93. The van der Waals surface area contributed by atoms with Crippen LogP contribution in [0.4, 0.5) is 11.4 Å². The van der Waals surface area contributed by atoms with E-state index in [9.17, 15) is 14.9 Å². The Balaban J connectivity index is 1.74. The number of nitrogens with one attached hydrogen (secondary N) is 2. The number of hydrogen-bond acceptors (Lipinski definition) is 5. The predicted molar refractivity (Wildman–Crippen MR) is 94.1 cm³/mol. The Morgan fingerprint density at radius 1 is 1.29 bits per heavy atom. The van der Waals surface area contributed by atoms with Crippen LogP contribution in [0, 0.1) is 16.0 Å². The van der Waals surface area contributed by atoms with Crippen molar-refractivity contribution in [2.24, 2.45) is 5.92 Å². The van der Waals surface area contributed by atoms with E-state index >= 15 is 0 Å². The fourth-order valence-corrected chi connectivity index (χ4v) is 3.06. The SMILES string of the molecule is CNCCC1CCN(C(=O)CCNc2ccccc2[N+](=O)[O-])CC1. The Morgan fingerprint density at radius 2 is 2.00 bits per heavy atom. The van der Waals surface area contributed by atoms with Gasteiger partial charge in [0, 0.05) is 32.1 Å². The summed E-state index contributed by atoms with van der Waals surface area (Å²) >= 11 is 0. The predicted octanol–water partition coefficient (Wildman–Crippen LogP) is 2.24. The largest absolute Gasteiger partial charge is 0.379 e. The van der Waals surface area contributed by atoms with E-state index in [2.05, 4.69) is 10.6 Å². The van der Waals surface area contributed by atoms with E-state index < -0.39 is 4.92 Å². The molecule has 0 radical (unpaired) electrons. The third kappa shape index (κ3) is 5.19. The number of carbonyl (C=O) groups is 1. The number of anilines is 1. The summed E-state index contributed by atoms with van der Waals surface area (Å²) < 4.78 is 0. The zero-order chi connectivity index (χ0) is 17.4. The summed E-state index contributed by atoms with van der Waals surface area (Å²) in [7, 11) is 1.96. The van der Waals surface area contributed by atoms with E-state index in [0.717, 1.165) is 38.9 Å². The lowest BCUT2D eigenvalue weighted by Gasteiger charge is -2.32. The highest BCUT2D eigenvalue weighted by Gasteiger charge is 2.22. The Morgan fingerprint density at radius 3 is 2.67 bits per heavy atom. The number of carbonyl (C=O) groups excluding carboxylic acids is 1. The number of hydrogen-bond donors (Lipinski definition) is 2. The van der Waals surface area contributed by atoms with Gasteiger partial charge in [0.15, 0.2) is 0 Å². The lowest BCUT2D eigenvalue weighted by Crippen LogP contribution is -2.39. The molecule has 0 aromatic heterocycles. The molecule has 1 aromatic rings. The van der Waals surface area contributed by atoms with Crippen molar-refractivity contribution < 1.29 is 9.72 Å². The Bertz CT molecular complexity index is 557. The molecule has 0 atom stereocenters. The maximum atomic E-state index is 12.3. The summed E-state index contributed by atoms with van der Waals surface area (Å²) in [6.07, 6.45) is 3.64. The van der Waals surface area contributed by atoms with Gasteiger partial charge < -0.3 is 15.5 Å². The van der Waals surface area contributed by atoms with Crippen molar-refractivity contribution in [3.8, 4) is 0 Å². The van der Waals surface area contributed by atoms with Crippen LogP contribution in [-0.4, -0.2) is 49.0 Å². The van der Waals surface area contributed by atoms with Gasteiger partial charge in [0.25, 0.3) is 5.69 Å². The fraction of sp³-hybridized carbons (Fsp3) is 0.588. The molecule has 1 aliphatic rings. The molecule has 0 unspecified atom stereocenters. The summed E-state index contributed by atoms with van der Waals surface area (Å²) in [6, 6.07) is 6.50. The average Bonchev–Trinajstić information content (AvgIpc) is 2.60. The fourth-order valence-electron chi connectivity index (χ4n) is 3.06. The number of piperidine rings is 1. The number of likely N-dealkylation sites (tertiary alicyclic amines) is 1. The molecule has 132 valence electrons. The maximum Gasteiger partial charge on any atom is 0.292 e. The van der Waals surface area contributed by atoms with Crippen LogP contribution in [0.3, 0.4) is 0 Å². The van der Waals surface area contributed by atoms with E-state index in [-0.39, 0.29) is 11.6 Å². The molecule has 7 heteroatoms. The van der Waals surface area contributed by atoms with Gasteiger partial charge in [-0.1, -0.05) is 12.1 Å². The number of benzene rings is 1. The van der Waals surface area contributed by atoms with Crippen molar-refractivity contribution in [2.75, 3.05) is 38.5 Å². The third-order valence-electron chi connectivity index (χ3n) is 4.52. The number of amides is 1. The van der Waals surface area contributed by atoms with E-state index in [1.807, 2.05) is 11.9 Å². The van der Waals surface area contributed by atoms with Crippen LogP contribution in [0.1, 0.15) is 25.7 Å². The smallest absolute Gasteiger partial charge is 0.292 e. The Kier molecular flexibility index (Phi) is 6.99. The number of nitrogens with zero attached hydrogens (tertiary/aromatic N) is 2. The molecule has 1 saturated heterocycles. The molecule has 0 saturated carbocycles. The second-order valence-electron chi connectivity index (χ2n) is 6.17. The van der Waals surface area contributed by atoms with Gasteiger partial charge in [0.05, 0.1) is 4.92 Å². The molecule has 2 rings (SSSR count). The minimum absolute atomic E-state index is 0.0373. The first-order valence-corrected chi connectivity index (χ1v) is 8.51.